The number of rotatable bonds is 6. The Morgan fingerprint density at radius 3 is 2.35 bits per heavy atom. The van der Waals surface area contributed by atoms with Crippen molar-refractivity contribution in [1.29, 1.82) is 0 Å². The normalized spacial score (nSPS) is 10.5. The molecule has 0 spiro atoms. The largest absolute Gasteiger partial charge is 0.326 e. The Morgan fingerprint density at radius 2 is 1.65 bits per heavy atom. The summed E-state index contributed by atoms with van der Waals surface area (Å²) in [7, 11) is 0. The van der Waals surface area contributed by atoms with E-state index in [4.69, 9.17) is 11.6 Å². The summed E-state index contributed by atoms with van der Waals surface area (Å²) in [4.78, 5) is 13.1. The van der Waals surface area contributed by atoms with Crippen LogP contribution in [0.15, 0.2) is 77.7 Å². The van der Waals surface area contributed by atoms with E-state index in [0.717, 1.165) is 16.1 Å². The Bertz CT molecular complexity index is 881. The molecule has 26 heavy (non-hydrogen) atoms. The van der Waals surface area contributed by atoms with Crippen LogP contribution in [0.4, 0.5) is 10.1 Å². The molecule has 3 aromatic carbocycles. The summed E-state index contributed by atoms with van der Waals surface area (Å²) in [6.07, 6.45) is 0.293. The van der Waals surface area contributed by atoms with Gasteiger partial charge in [0.1, 0.15) is 5.82 Å². The van der Waals surface area contributed by atoms with Gasteiger partial charge >= 0.3 is 0 Å². The van der Waals surface area contributed by atoms with Crippen LogP contribution in [0.3, 0.4) is 0 Å². The molecule has 0 saturated heterocycles. The monoisotopic (exact) mass is 385 g/mol. The molecule has 0 aromatic heterocycles. The first kappa shape index (κ1) is 18.5. The third-order valence-corrected chi connectivity index (χ3v) is 5.08. The number of thioether (sulfide) groups is 1. The van der Waals surface area contributed by atoms with E-state index in [9.17, 15) is 9.18 Å². The summed E-state index contributed by atoms with van der Waals surface area (Å²) in [6, 6.07) is 21.5. The Morgan fingerprint density at radius 1 is 0.962 bits per heavy atom. The van der Waals surface area contributed by atoms with E-state index in [1.54, 1.807) is 36.0 Å². The Balaban J connectivity index is 1.53. The van der Waals surface area contributed by atoms with E-state index >= 15 is 0 Å². The van der Waals surface area contributed by atoms with Gasteiger partial charge in [0.05, 0.1) is 6.42 Å². The summed E-state index contributed by atoms with van der Waals surface area (Å²) in [5.41, 5.74) is 2.32. The summed E-state index contributed by atoms with van der Waals surface area (Å²) in [5, 5.41) is 3.52. The van der Waals surface area contributed by atoms with Gasteiger partial charge < -0.3 is 5.32 Å². The van der Waals surface area contributed by atoms with Crippen LogP contribution >= 0.6 is 23.4 Å². The van der Waals surface area contributed by atoms with E-state index < -0.39 is 0 Å². The zero-order valence-electron chi connectivity index (χ0n) is 13.9. The number of nitrogens with one attached hydrogen (secondary N) is 1. The van der Waals surface area contributed by atoms with Crippen LogP contribution in [0.25, 0.3) is 0 Å². The second kappa shape index (κ2) is 8.88. The molecule has 0 aliphatic carbocycles. The molecule has 0 heterocycles. The van der Waals surface area contributed by atoms with Crippen molar-refractivity contribution in [3.63, 3.8) is 0 Å². The van der Waals surface area contributed by atoms with Gasteiger partial charge in [0.2, 0.25) is 5.91 Å². The molecule has 0 saturated carbocycles. The molecule has 0 aliphatic rings. The van der Waals surface area contributed by atoms with Crippen molar-refractivity contribution in [1.82, 2.24) is 0 Å². The number of hydrogen-bond acceptors (Lipinski definition) is 2. The van der Waals surface area contributed by atoms with Gasteiger partial charge in [0.15, 0.2) is 0 Å². The molecule has 0 fully saturated rings. The maximum atomic E-state index is 13.6. The minimum absolute atomic E-state index is 0.0842. The molecule has 2 nitrogen and oxygen atoms in total. The molecule has 5 heteroatoms. The predicted octanol–water partition coefficient (Wildman–Crippen LogP) is 5.95. The minimum Gasteiger partial charge on any atom is -0.326 e. The van der Waals surface area contributed by atoms with E-state index in [1.807, 2.05) is 42.5 Å². The summed E-state index contributed by atoms with van der Waals surface area (Å²) in [6.45, 7) is 0. The highest BCUT2D eigenvalue weighted by atomic mass is 35.5. The summed E-state index contributed by atoms with van der Waals surface area (Å²) in [5.74, 6) is 0.291. The van der Waals surface area contributed by atoms with Crippen LogP contribution in [0.5, 0.6) is 0 Å². The van der Waals surface area contributed by atoms with Crippen LogP contribution in [-0.2, 0) is 17.0 Å². The smallest absolute Gasteiger partial charge is 0.228 e. The highest BCUT2D eigenvalue weighted by Gasteiger charge is 2.05. The lowest BCUT2D eigenvalue weighted by atomic mass is 10.1. The summed E-state index contributed by atoms with van der Waals surface area (Å²) < 4.78 is 13.6. The highest BCUT2D eigenvalue weighted by molar-refractivity contribution is 7.98. The van der Waals surface area contributed by atoms with Crippen LogP contribution in [-0.4, -0.2) is 5.91 Å². The van der Waals surface area contributed by atoms with E-state index in [0.29, 0.717) is 22.8 Å². The van der Waals surface area contributed by atoms with Crippen molar-refractivity contribution in [2.45, 2.75) is 17.1 Å². The van der Waals surface area contributed by atoms with Crippen LogP contribution in [0.2, 0.25) is 5.02 Å². The number of anilines is 1. The lowest BCUT2D eigenvalue weighted by Crippen LogP contribution is -2.14. The third kappa shape index (κ3) is 5.35. The van der Waals surface area contributed by atoms with Gasteiger partial charge in [-0.05, 0) is 53.6 Å². The third-order valence-electron chi connectivity index (χ3n) is 3.77. The van der Waals surface area contributed by atoms with Gasteiger partial charge in [-0.3, -0.25) is 4.79 Å². The van der Waals surface area contributed by atoms with Crippen molar-refractivity contribution in [2.75, 3.05) is 5.32 Å². The van der Waals surface area contributed by atoms with Crippen LogP contribution in [0, 0.1) is 5.82 Å². The second-order valence-electron chi connectivity index (χ2n) is 5.76. The van der Waals surface area contributed by atoms with Gasteiger partial charge in [-0.1, -0.05) is 41.9 Å². The van der Waals surface area contributed by atoms with Crippen molar-refractivity contribution >= 4 is 35.0 Å². The molecule has 3 aromatic rings. The topological polar surface area (TPSA) is 29.1 Å². The fraction of sp³-hybridized carbons (Fsp3) is 0.0952. The van der Waals surface area contributed by atoms with Gasteiger partial charge in [-0.15, -0.1) is 11.8 Å². The molecule has 0 atom stereocenters. The highest BCUT2D eigenvalue weighted by Crippen LogP contribution is 2.25. The van der Waals surface area contributed by atoms with Crippen molar-refractivity contribution < 1.29 is 9.18 Å². The fourth-order valence-electron chi connectivity index (χ4n) is 2.40. The molecule has 3 rings (SSSR count). The van der Waals surface area contributed by atoms with E-state index in [1.165, 1.54) is 6.07 Å². The van der Waals surface area contributed by atoms with Crippen molar-refractivity contribution in [3.05, 3.63) is 94.8 Å². The van der Waals surface area contributed by atoms with Gasteiger partial charge in [0, 0.05) is 21.4 Å². The quantitative estimate of drug-likeness (QED) is 0.531. The van der Waals surface area contributed by atoms with Gasteiger partial charge in [0.25, 0.3) is 0 Å². The average molecular weight is 386 g/mol. The van der Waals surface area contributed by atoms with Gasteiger partial charge in [-0.25, -0.2) is 4.39 Å². The SMILES string of the molecule is O=C(Cc1ccc(Cl)cc1)Nc1ccc(SCc2ccccc2F)cc1. The molecule has 0 aliphatic heterocycles. The lowest BCUT2D eigenvalue weighted by Gasteiger charge is -2.07. The van der Waals surface area contributed by atoms with E-state index in [2.05, 4.69) is 5.32 Å². The molecule has 1 N–H and O–H groups in total. The predicted molar refractivity (Wildman–Crippen MR) is 106 cm³/mol. The van der Waals surface area contributed by atoms with Crippen molar-refractivity contribution in [2.24, 2.45) is 0 Å². The number of hydrogen-bond donors (Lipinski definition) is 1. The fourth-order valence-corrected chi connectivity index (χ4v) is 3.41. The van der Waals surface area contributed by atoms with E-state index in [-0.39, 0.29) is 11.7 Å². The number of carbonyl (C=O) groups is 1. The minimum atomic E-state index is -0.189. The van der Waals surface area contributed by atoms with Gasteiger partial charge in [-0.2, -0.15) is 0 Å². The molecule has 1 amide bonds. The molecule has 132 valence electrons. The number of halogens is 2. The number of benzene rings is 3. The molecule has 0 radical (unpaired) electrons. The maximum absolute atomic E-state index is 13.6. The molecule has 0 unspecified atom stereocenters. The Hall–Kier alpha value is -2.30. The zero-order chi connectivity index (χ0) is 18.4. The second-order valence-corrected chi connectivity index (χ2v) is 7.24. The first-order chi connectivity index (χ1) is 12.6. The first-order valence-corrected chi connectivity index (χ1v) is 9.47. The average Bonchev–Trinajstić information content (AvgIpc) is 2.64. The Labute approximate surface area is 161 Å². The first-order valence-electron chi connectivity index (χ1n) is 8.11. The lowest BCUT2D eigenvalue weighted by molar-refractivity contribution is -0.115. The zero-order valence-corrected chi connectivity index (χ0v) is 15.5. The Kier molecular flexibility index (Phi) is 6.31. The standard InChI is InChI=1S/C21H17ClFNOS/c22-17-7-5-15(6-8-17)13-21(25)24-18-9-11-19(12-10-18)26-14-16-3-1-2-4-20(16)23/h1-12H,13-14H2,(H,24,25). The van der Waals surface area contributed by atoms with Crippen molar-refractivity contribution in [3.8, 4) is 0 Å². The molecule has 0 bridgehead atoms. The number of carbonyl (C=O) groups excluding carboxylic acids is 1. The van der Waals surface area contributed by atoms with Crippen LogP contribution < -0.4 is 5.32 Å². The molecular weight excluding hydrogens is 369 g/mol. The van der Waals surface area contributed by atoms with Crippen LogP contribution in [0.1, 0.15) is 11.1 Å². The maximum Gasteiger partial charge on any atom is 0.228 e. The number of amides is 1. The molecular formula is C21H17ClFNOS. The summed E-state index contributed by atoms with van der Waals surface area (Å²) >= 11 is 7.40.